The zero-order valence-electron chi connectivity index (χ0n) is 14.7. The SMILES string of the molecule is CCCCCCC(C)NC(=S)NC(C)(C)CC(C)(C)C. The van der Waals surface area contributed by atoms with E-state index in [9.17, 15) is 0 Å². The molecule has 20 heavy (non-hydrogen) atoms. The summed E-state index contributed by atoms with van der Waals surface area (Å²) in [4.78, 5) is 0. The molecule has 3 heteroatoms. The Morgan fingerprint density at radius 1 is 1.05 bits per heavy atom. The third-order valence-electron chi connectivity index (χ3n) is 3.29. The Labute approximate surface area is 132 Å². The Morgan fingerprint density at radius 3 is 2.15 bits per heavy atom. The zero-order chi connectivity index (χ0) is 15.8. The molecule has 0 bridgehead atoms. The lowest BCUT2D eigenvalue weighted by molar-refractivity contribution is 0.266. The largest absolute Gasteiger partial charge is 0.360 e. The first kappa shape index (κ1) is 19.7. The lowest BCUT2D eigenvalue weighted by Gasteiger charge is -2.35. The van der Waals surface area contributed by atoms with Gasteiger partial charge in [0.2, 0.25) is 0 Å². The highest BCUT2D eigenvalue weighted by Gasteiger charge is 2.26. The molecule has 0 saturated heterocycles. The minimum atomic E-state index is 0.0320. The van der Waals surface area contributed by atoms with Crippen molar-refractivity contribution in [2.24, 2.45) is 5.41 Å². The summed E-state index contributed by atoms with van der Waals surface area (Å²) < 4.78 is 0. The van der Waals surface area contributed by atoms with Crippen molar-refractivity contribution in [3.63, 3.8) is 0 Å². The molecule has 2 N–H and O–H groups in total. The van der Waals surface area contributed by atoms with E-state index in [1.165, 1.54) is 32.1 Å². The summed E-state index contributed by atoms with van der Waals surface area (Å²) in [5, 5.41) is 7.68. The molecular formula is C17H36N2S. The Balaban J connectivity index is 4.02. The molecule has 0 fully saturated rings. The first-order chi connectivity index (χ1) is 9.06. The molecule has 0 aromatic carbocycles. The molecule has 0 spiro atoms. The van der Waals surface area contributed by atoms with Gasteiger partial charge < -0.3 is 10.6 Å². The van der Waals surface area contributed by atoms with Gasteiger partial charge in [0.25, 0.3) is 0 Å². The standard InChI is InChI=1S/C17H36N2S/c1-8-9-10-11-12-14(2)18-15(20)19-17(6,7)13-16(3,4)5/h14H,8-13H2,1-7H3,(H2,18,19,20). The van der Waals surface area contributed by atoms with Crippen molar-refractivity contribution in [1.82, 2.24) is 10.6 Å². The van der Waals surface area contributed by atoms with Gasteiger partial charge in [-0.2, -0.15) is 0 Å². The van der Waals surface area contributed by atoms with Crippen LogP contribution in [0, 0.1) is 5.41 Å². The molecule has 0 aromatic rings. The van der Waals surface area contributed by atoms with Crippen molar-refractivity contribution in [3.05, 3.63) is 0 Å². The van der Waals surface area contributed by atoms with E-state index in [4.69, 9.17) is 12.2 Å². The molecule has 0 rings (SSSR count). The predicted molar refractivity (Wildman–Crippen MR) is 95.2 cm³/mol. The first-order valence-electron chi connectivity index (χ1n) is 8.14. The number of rotatable bonds is 8. The molecule has 0 amide bonds. The van der Waals surface area contributed by atoms with E-state index in [2.05, 4.69) is 59.1 Å². The monoisotopic (exact) mass is 300 g/mol. The summed E-state index contributed by atoms with van der Waals surface area (Å²) >= 11 is 5.45. The average molecular weight is 301 g/mol. The van der Waals surface area contributed by atoms with Gasteiger partial charge in [-0.15, -0.1) is 0 Å². The molecular weight excluding hydrogens is 264 g/mol. The lowest BCUT2D eigenvalue weighted by atomic mass is 9.82. The van der Waals surface area contributed by atoms with Crippen molar-refractivity contribution >= 4 is 17.3 Å². The van der Waals surface area contributed by atoms with E-state index < -0.39 is 0 Å². The summed E-state index contributed by atoms with van der Waals surface area (Å²) in [5.74, 6) is 0. The lowest BCUT2D eigenvalue weighted by Crippen LogP contribution is -2.51. The second-order valence-corrected chi connectivity index (χ2v) is 8.38. The summed E-state index contributed by atoms with van der Waals surface area (Å²) in [6.45, 7) is 15.7. The summed E-state index contributed by atoms with van der Waals surface area (Å²) in [7, 11) is 0. The highest BCUT2D eigenvalue weighted by Crippen LogP contribution is 2.26. The molecule has 0 aliphatic rings. The van der Waals surface area contributed by atoms with E-state index in [-0.39, 0.29) is 5.54 Å². The quantitative estimate of drug-likeness (QED) is 0.486. The number of nitrogens with one attached hydrogen (secondary N) is 2. The van der Waals surface area contributed by atoms with Gasteiger partial charge >= 0.3 is 0 Å². The second-order valence-electron chi connectivity index (χ2n) is 7.97. The highest BCUT2D eigenvalue weighted by atomic mass is 32.1. The van der Waals surface area contributed by atoms with Crippen LogP contribution in [0.5, 0.6) is 0 Å². The Kier molecular flexibility index (Phi) is 8.72. The van der Waals surface area contributed by atoms with Crippen LogP contribution in [0.3, 0.4) is 0 Å². The normalized spacial score (nSPS) is 13.9. The van der Waals surface area contributed by atoms with Crippen LogP contribution in [0.2, 0.25) is 0 Å². The van der Waals surface area contributed by atoms with Crippen molar-refractivity contribution in [2.75, 3.05) is 0 Å². The van der Waals surface area contributed by atoms with Crippen molar-refractivity contribution in [2.45, 2.75) is 98.6 Å². The van der Waals surface area contributed by atoms with Gasteiger partial charge in [0, 0.05) is 11.6 Å². The summed E-state index contributed by atoms with van der Waals surface area (Å²) in [5.41, 5.74) is 0.335. The van der Waals surface area contributed by atoms with Crippen LogP contribution in [0.1, 0.15) is 87.0 Å². The topological polar surface area (TPSA) is 24.1 Å². The molecule has 0 aromatic heterocycles. The van der Waals surface area contributed by atoms with Crippen molar-refractivity contribution in [1.29, 1.82) is 0 Å². The Bertz CT molecular complexity index is 279. The third kappa shape index (κ3) is 11.5. The smallest absolute Gasteiger partial charge is 0.166 e. The van der Waals surface area contributed by atoms with Crippen molar-refractivity contribution in [3.8, 4) is 0 Å². The van der Waals surface area contributed by atoms with Gasteiger partial charge in [0.05, 0.1) is 0 Å². The first-order valence-corrected chi connectivity index (χ1v) is 8.55. The molecule has 2 nitrogen and oxygen atoms in total. The maximum Gasteiger partial charge on any atom is 0.166 e. The molecule has 0 radical (unpaired) electrons. The van der Waals surface area contributed by atoms with E-state index in [0.29, 0.717) is 11.5 Å². The molecule has 0 saturated carbocycles. The van der Waals surface area contributed by atoms with Crippen LogP contribution in [-0.2, 0) is 0 Å². The number of hydrogen-bond acceptors (Lipinski definition) is 1. The van der Waals surface area contributed by atoms with Crippen LogP contribution in [-0.4, -0.2) is 16.7 Å². The maximum absolute atomic E-state index is 5.45. The van der Waals surface area contributed by atoms with Gasteiger partial charge in [-0.1, -0.05) is 53.4 Å². The average Bonchev–Trinajstić information content (AvgIpc) is 2.19. The van der Waals surface area contributed by atoms with Gasteiger partial charge in [-0.05, 0) is 51.2 Å². The number of thiocarbonyl (C=S) groups is 1. The molecule has 1 atom stereocenters. The summed E-state index contributed by atoms with van der Waals surface area (Å²) in [6.07, 6.45) is 7.54. The molecule has 0 aliphatic carbocycles. The van der Waals surface area contributed by atoms with E-state index >= 15 is 0 Å². The molecule has 120 valence electrons. The Morgan fingerprint density at radius 2 is 1.65 bits per heavy atom. The van der Waals surface area contributed by atoms with Crippen LogP contribution in [0.25, 0.3) is 0 Å². The van der Waals surface area contributed by atoms with E-state index in [1.54, 1.807) is 0 Å². The van der Waals surface area contributed by atoms with Crippen molar-refractivity contribution < 1.29 is 0 Å². The maximum atomic E-state index is 5.45. The fourth-order valence-electron chi connectivity index (χ4n) is 2.89. The van der Waals surface area contributed by atoms with Crippen LogP contribution >= 0.6 is 12.2 Å². The van der Waals surface area contributed by atoms with Crippen LogP contribution < -0.4 is 10.6 Å². The minimum Gasteiger partial charge on any atom is -0.360 e. The zero-order valence-corrected chi connectivity index (χ0v) is 15.5. The third-order valence-corrected chi connectivity index (χ3v) is 3.51. The number of hydrogen-bond donors (Lipinski definition) is 2. The highest BCUT2D eigenvalue weighted by molar-refractivity contribution is 7.80. The molecule has 0 aliphatic heterocycles. The molecule has 0 heterocycles. The fraction of sp³-hybridized carbons (Fsp3) is 0.941. The van der Waals surface area contributed by atoms with Crippen LogP contribution in [0.4, 0.5) is 0 Å². The Hall–Kier alpha value is -0.310. The van der Waals surface area contributed by atoms with Gasteiger partial charge in [0.1, 0.15) is 0 Å². The van der Waals surface area contributed by atoms with Gasteiger partial charge in [-0.3, -0.25) is 0 Å². The van der Waals surface area contributed by atoms with Gasteiger partial charge in [0.15, 0.2) is 5.11 Å². The van der Waals surface area contributed by atoms with Gasteiger partial charge in [-0.25, -0.2) is 0 Å². The fourth-order valence-corrected chi connectivity index (χ4v) is 3.36. The predicted octanol–water partition coefficient (Wildman–Crippen LogP) is 5.02. The summed E-state index contributed by atoms with van der Waals surface area (Å²) in [6, 6.07) is 0.456. The van der Waals surface area contributed by atoms with E-state index in [0.717, 1.165) is 11.5 Å². The second kappa shape index (κ2) is 8.86. The molecule has 1 unspecified atom stereocenters. The van der Waals surface area contributed by atoms with E-state index in [1.807, 2.05) is 0 Å². The van der Waals surface area contributed by atoms with Crippen LogP contribution in [0.15, 0.2) is 0 Å². The number of unbranched alkanes of at least 4 members (excludes halogenated alkanes) is 3. The minimum absolute atomic E-state index is 0.0320.